The van der Waals surface area contributed by atoms with Crippen LogP contribution in [0.4, 0.5) is 0 Å². The van der Waals surface area contributed by atoms with Crippen molar-refractivity contribution in [3.63, 3.8) is 0 Å². The maximum atomic E-state index is 12.1. The van der Waals surface area contributed by atoms with E-state index in [-0.39, 0.29) is 23.6 Å². The molecule has 0 saturated carbocycles. The number of hydrogen-bond donors (Lipinski definition) is 2. The lowest BCUT2D eigenvalue weighted by atomic mass is 10.0. The molecule has 2 heterocycles. The van der Waals surface area contributed by atoms with Crippen LogP contribution in [0.3, 0.4) is 0 Å². The number of pyridine rings is 1. The quantitative estimate of drug-likeness (QED) is 0.799. The number of nitrogens with one attached hydrogen (secondary N) is 2. The van der Waals surface area contributed by atoms with Crippen molar-refractivity contribution >= 4 is 17.7 Å². The Morgan fingerprint density at radius 3 is 2.81 bits per heavy atom. The summed E-state index contributed by atoms with van der Waals surface area (Å²) in [7, 11) is 0. The monoisotopic (exact) mass is 305 g/mol. The van der Waals surface area contributed by atoms with Gasteiger partial charge < -0.3 is 5.32 Å². The lowest BCUT2D eigenvalue weighted by molar-refractivity contribution is -0.119. The highest BCUT2D eigenvalue weighted by molar-refractivity contribution is 7.99. The van der Waals surface area contributed by atoms with E-state index in [4.69, 9.17) is 0 Å². The second-order valence-electron chi connectivity index (χ2n) is 5.04. The number of carbonyl (C=O) groups excluding carboxylic acids is 1. The molecule has 0 spiro atoms. The van der Waals surface area contributed by atoms with Gasteiger partial charge in [0.1, 0.15) is 5.82 Å². The molecular weight excluding hydrogens is 286 g/mol. The van der Waals surface area contributed by atoms with Crippen molar-refractivity contribution in [3.05, 3.63) is 35.9 Å². The normalized spacial score (nSPS) is 12.4. The van der Waals surface area contributed by atoms with Crippen molar-refractivity contribution in [2.45, 2.75) is 32.0 Å². The number of amides is 1. The minimum absolute atomic E-state index is 0.0493. The highest BCUT2D eigenvalue weighted by Crippen LogP contribution is 2.20. The SMILES string of the molecule is Cc1nc(SCC(=O)N[C@H](c2ccccn2)C(C)C)n[nH]1. The van der Waals surface area contributed by atoms with Crippen LogP contribution in [0, 0.1) is 12.8 Å². The maximum absolute atomic E-state index is 12.1. The van der Waals surface area contributed by atoms with Gasteiger partial charge in [0.15, 0.2) is 0 Å². The molecule has 0 bridgehead atoms. The molecule has 0 saturated heterocycles. The van der Waals surface area contributed by atoms with E-state index in [2.05, 4.69) is 39.3 Å². The zero-order valence-electron chi connectivity index (χ0n) is 12.3. The van der Waals surface area contributed by atoms with Gasteiger partial charge in [0.25, 0.3) is 0 Å². The Hall–Kier alpha value is -1.89. The van der Waals surface area contributed by atoms with Crippen molar-refractivity contribution < 1.29 is 4.79 Å². The minimum atomic E-state index is -0.0896. The third-order valence-electron chi connectivity index (χ3n) is 2.90. The predicted octanol–water partition coefficient (Wildman–Crippen LogP) is 2.11. The van der Waals surface area contributed by atoms with Gasteiger partial charge in [-0.05, 0) is 25.0 Å². The molecule has 0 aliphatic heterocycles. The van der Waals surface area contributed by atoms with Gasteiger partial charge in [-0.3, -0.25) is 14.9 Å². The van der Waals surface area contributed by atoms with E-state index in [0.717, 1.165) is 11.5 Å². The first kappa shape index (κ1) is 15.5. The van der Waals surface area contributed by atoms with Crippen molar-refractivity contribution in [1.82, 2.24) is 25.5 Å². The molecular formula is C14H19N5OS. The molecule has 1 amide bonds. The van der Waals surface area contributed by atoms with Gasteiger partial charge in [0.2, 0.25) is 11.1 Å². The van der Waals surface area contributed by atoms with Gasteiger partial charge in [-0.15, -0.1) is 5.10 Å². The molecule has 0 fully saturated rings. The van der Waals surface area contributed by atoms with Crippen molar-refractivity contribution in [2.75, 3.05) is 5.75 Å². The topological polar surface area (TPSA) is 83.6 Å². The molecule has 0 radical (unpaired) electrons. The fourth-order valence-corrected chi connectivity index (χ4v) is 2.53. The van der Waals surface area contributed by atoms with E-state index in [9.17, 15) is 4.79 Å². The van der Waals surface area contributed by atoms with Crippen molar-refractivity contribution in [1.29, 1.82) is 0 Å². The predicted molar refractivity (Wildman–Crippen MR) is 81.8 cm³/mol. The number of thioether (sulfide) groups is 1. The van der Waals surface area contributed by atoms with E-state index in [1.54, 1.807) is 6.20 Å². The molecule has 0 aromatic carbocycles. The lowest BCUT2D eigenvalue weighted by Gasteiger charge is -2.21. The Morgan fingerprint density at radius 2 is 2.24 bits per heavy atom. The highest BCUT2D eigenvalue weighted by atomic mass is 32.2. The molecule has 2 aromatic rings. The number of carbonyl (C=O) groups is 1. The standard InChI is InChI=1S/C14H19N5OS/c1-9(2)13(11-6-4-5-7-15-11)17-12(20)8-21-14-16-10(3)18-19-14/h4-7,9,13H,8H2,1-3H3,(H,17,20)(H,16,18,19)/t13-/m0/s1. The van der Waals surface area contributed by atoms with Crippen LogP contribution in [-0.2, 0) is 4.79 Å². The summed E-state index contributed by atoms with van der Waals surface area (Å²) in [5.41, 5.74) is 0.875. The van der Waals surface area contributed by atoms with E-state index in [1.807, 2.05) is 25.1 Å². The van der Waals surface area contributed by atoms with Gasteiger partial charge in [0, 0.05) is 6.20 Å². The zero-order chi connectivity index (χ0) is 15.2. The third kappa shape index (κ3) is 4.56. The summed E-state index contributed by atoms with van der Waals surface area (Å²) >= 11 is 1.31. The number of aryl methyl sites for hydroxylation is 1. The third-order valence-corrected chi connectivity index (χ3v) is 3.75. The first-order valence-corrected chi connectivity index (χ1v) is 7.77. The smallest absolute Gasteiger partial charge is 0.231 e. The van der Waals surface area contributed by atoms with Crippen LogP contribution in [0.1, 0.15) is 31.4 Å². The van der Waals surface area contributed by atoms with E-state index >= 15 is 0 Å². The summed E-state index contributed by atoms with van der Waals surface area (Å²) in [5, 5.41) is 10.4. The number of rotatable bonds is 6. The van der Waals surface area contributed by atoms with Crippen LogP contribution in [0.5, 0.6) is 0 Å². The molecule has 112 valence electrons. The fourth-order valence-electron chi connectivity index (χ4n) is 1.87. The Bertz CT molecular complexity index is 584. The average molecular weight is 305 g/mol. The van der Waals surface area contributed by atoms with E-state index in [1.165, 1.54) is 11.8 Å². The largest absolute Gasteiger partial charge is 0.347 e. The molecule has 0 aliphatic carbocycles. The zero-order valence-corrected chi connectivity index (χ0v) is 13.1. The van der Waals surface area contributed by atoms with Crippen LogP contribution < -0.4 is 5.32 Å². The highest BCUT2D eigenvalue weighted by Gasteiger charge is 2.19. The molecule has 0 aliphatic rings. The molecule has 2 N–H and O–H groups in total. The molecule has 6 nitrogen and oxygen atoms in total. The Labute approximate surface area is 128 Å². The molecule has 21 heavy (non-hydrogen) atoms. The molecule has 1 atom stereocenters. The summed E-state index contributed by atoms with van der Waals surface area (Å²) in [6, 6.07) is 5.63. The summed E-state index contributed by atoms with van der Waals surface area (Å²) in [6.07, 6.45) is 1.74. The number of nitrogens with zero attached hydrogens (tertiary/aromatic N) is 3. The fraction of sp³-hybridized carbons (Fsp3) is 0.429. The van der Waals surface area contributed by atoms with E-state index in [0.29, 0.717) is 5.16 Å². The molecule has 0 unspecified atom stereocenters. The number of hydrogen-bond acceptors (Lipinski definition) is 5. The first-order valence-electron chi connectivity index (χ1n) is 6.78. The number of aromatic amines is 1. The van der Waals surface area contributed by atoms with Gasteiger partial charge in [-0.1, -0.05) is 31.7 Å². The van der Waals surface area contributed by atoms with Crippen LogP contribution in [0.15, 0.2) is 29.6 Å². The average Bonchev–Trinajstić information content (AvgIpc) is 2.89. The number of H-pyrrole nitrogens is 1. The second kappa shape index (κ2) is 7.21. The Morgan fingerprint density at radius 1 is 1.43 bits per heavy atom. The van der Waals surface area contributed by atoms with Crippen LogP contribution >= 0.6 is 11.8 Å². The Balaban J connectivity index is 1.93. The maximum Gasteiger partial charge on any atom is 0.231 e. The molecule has 7 heteroatoms. The van der Waals surface area contributed by atoms with Crippen molar-refractivity contribution in [3.8, 4) is 0 Å². The molecule has 2 aromatic heterocycles. The van der Waals surface area contributed by atoms with Crippen LogP contribution in [-0.4, -0.2) is 31.8 Å². The first-order chi connectivity index (χ1) is 10.1. The lowest BCUT2D eigenvalue weighted by Crippen LogP contribution is -2.33. The van der Waals surface area contributed by atoms with Crippen LogP contribution in [0.25, 0.3) is 0 Å². The summed E-state index contributed by atoms with van der Waals surface area (Å²) in [5.74, 6) is 1.24. The second-order valence-corrected chi connectivity index (χ2v) is 5.98. The van der Waals surface area contributed by atoms with Gasteiger partial charge in [-0.25, -0.2) is 4.98 Å². The van der Waals surface area contributed by atoms with Crippen molar-refractivity contribution in [2.24, 2.45) is 5.92 Å². The van der Waals surface area contributed by atoms with Crippen LogP contribution in [0.2, 0.25) is 0 Å². The number of aromatic nitrogens is 4. The summed E-state index contributed by atoms with van der Waals surface area (Å²) in [6.45, 7) is 5.95. The van der Waals surface area contributed by atoms with Gasteiger partial charge in [0.05, 0.1) is 17.5 Å². The summed E-state index contributed by atoms with van der Waals surface area (Å²) in [4.78, 5) is 20.6. The summed E-state index contributed by atoms with van der Waals surface area (Å²) < 4.78 is 0. The Kier molecular flexibility index (Phi) is 5.32. The van der Waals surface area contributed by atoms with E-state index < -0.39 is 0 Å². The molecule has 2 rings (SSSR count). The minimum Gasteiger partial charge on any atom is -0.347 e. The van der Waals surface area contributed by atoms with Gasteiger partial charge >= 0.3 is 0 Å². The van der Waals surface area contributed by atoms with Gasteiger partial charge in [-0.2, -0.15) is 0 Å².